The van der Waals surface area contributed by atoms with E-state index in [1.807, 2.05) is 0 Å². The summed E-state index contributed by atoms with van der Waals surface area (Å²) in [6.07, 6.45) is -4.45. The zero-order chi connectivity index (χ0) is 18.0. The standard InChI is InChI=1S/C17H10F4N2O2/c18-12-5-1-10(2-6-12)15-9-14(23-25-15)16(24)22-13-7-3-11(4-8-13)17(19,20)21/h1-9H,(H,22,24). The molecule has 0 bridgehead atoms. The van der Waals surface area contributed by atoms with Crippen LogP contribution >= 0.6 is 0 Å². The number of alkyl halides is 3. The fraction of sp³-hybridized carbons (Fsp3) is 0.0588. The Bertz CT molecular complexity index is 884. The molecule has 0 atom stereocenters. The second-order valence-corrected chi connectivity index (χ2v) is 5.11. The van der Waals surface area contributed by atoms with Crippen LogP contribution in [0.25, 0.3) is 11.3 Å². The topological polar surface area (TPSA) is 55.1 Å². The molecule has 0 unspecified atom stereocenters. The Morgan fingerprint density at radius 2 is 1.64 bits per heavy atom. The molecular formula is C17H10F4N2O2. The molecule has 0 saturated carbocycles. The Kier molecular flexibility index (Phi) is 4.26. The van der Waals surface area contributed by atoms with Crippen molar-refractivity contribution in [1.82, 2.24) is 5.16 Å². The second kappa shape index (κ2) is 6.39. The molecule has 128 valence electrons. The highest BCUT2D eigenvalue weighted by Gasteiger charge is 2.30. The first-order valence-corrected chi connectivity index (χ1v) is 7.04. The van der Waals surface area contributed by atoms with Gasteiger partial charge < -0.3 is 9.84 Å². The Morgan fingerprint density at radius 1 is 1.00 bits per heavy atom. The largest absolute Gasteiger partial charge is 0.416 e. The highest BCUT2D eigenvalue weighted by Crippen LogP contribution is 2.30. The van der Waals surface area contributed by atoms with Gasteiger partial charge in [0.05, 0.1) is 5.56 Å². The number of anilines is 1. The smallest absolute Gasteiger partial charge is 0.355 e. The summed E-state index contributed by atoms with van der Waals surface area (Å²) in [6.45, 7) is 0. The van der Waals surface area contributed by atoms with Crippen molar-refractivity contribution in [2.75, 3.05) is 5.32 Å². The molecule has 1 heterocycles. The number of carbonyl (C=O) groups is 1. The highest BCUT2D eigenvalue weighted by atomic mass is 19.4. The number of halogens is 4. The predicted molar refractivity (Wildman–Crippen MR) is 81.3 cm³/mol. The van der Waals surface area contributed by atoms with Crippen LogP contribution in [-0.4, -0.2) is 11.1 Å². The van der Waals surface area contributed by atoms with E-state index < -0.39 is 23.5 Å². The number of hydrogen-bond acceptors (Lipinski definition) is 3. The molecule has 0 aliphatic heterocycles. The van der Waals surface area contributed by atoms with Gasteiger partial charge in [0.2, 0.25) is 0 Å². The van der Waals surface area contributed by atoms with E-state index in [-0.39, 0.29) is 17.1 Å². The lowest BCUT2D eigenvalue weighted by Crippen LogP contribution is -2.12. The van der Waals surface area contributed by atoms with Crippen LogP contribution in [0, 0.1) is 5.82 Å². The molecule has 0 aliphatic rings. The van der Waals surface area contributed by atoms with E-state index in [9.17, 15) is 22.4 Å². The quantitative estimate of drug-likeness (QED) is 0.694. The zero-order valence-electron chi connectivity index (χ0n) is 12.5. The van der Waals surface area contributed by atoms with Crippen LogP contribution in [0.1, 0.15) is 16.1 Å². The van der Waals surface area contributed by atoms with Crippen LogP contribution in [-0.2, 0) is 6.18 Å². The summed E-state index contributed by atoms with van der Waals surface area (Å²) in [4.78, 5) is 12.1. The zero-order valence-corrected chi connectivity index (χ0v) is 12.5. The second-order valence-electron chi connectivity index (χ2n) is 5.11. The number of hydrogen-bond donors (Lipinski definition) is 1. The maximum Gasteiger partial charge on any atom is 0.416 e. The Morgan fingerprint density at radius 3 is 2.24 bits per heavy atom. The van der Waals surface area contributed by atoms with Gasteiger partial charge >= 0.3 is 6.18 Å². The van der Waals surface area contributed by atoms with Gasteiger partial charge in [-0.2, -0.15) is 13.2 Å². The molecule has 1 N–H and O–H groups in total. The number of nitrogens with one attached hydrogen (secondary N) is 1. The fourth-order valence-electron chi connectivity index (χ4n) is 2.07. The van der Waals surface area contributed by atoms with Crippen LogP contribution in [0.2, 0.25) is 0 Å². The van der Waals surface area contributed by atoms with Crippen LogP contribution < -0.4 is 5.32 Å². The Balaban J connectivity index is 1.72. The first kappa shape index (κ1) is 16.7. The van der Waals surface area contributed by atoms with Crippen LogP contribution in [0.3, 0.4) is 0 Å². The van der Waals surface area contributed by atoms with Gasteiger partial charge in [0.25, 0.3) is 5.91 Å². The lowest BCUT2D eigenvalue weighted by atomic mass is 10.1. The fourth-order valence-corrected chi connectivity index (χ4v) is 2.07. The maximum absolute atomic E-state index is 12.9. The lowest BCUT2D eigenvalue weighted by Gasteiger charge is -2.07. The van der Waals surface area contributed by atoms with E-state index in [1.165, 1.54) is 30.3 Å². The van der Waals surface area contributed by atoms with E-state index in [0.29, 0.717) is 5.56 Å². The van der Waals surface area contributed by atoms with Gasteiger partial charge in [-0.25, -0.2) is 4.39 Å². The third-order valence-corrected chi connectivity index (χ3v) is 3.34. The average Bonchev–Trinajstić information content (AvgIpc) is 3.05. The molecule has 25 heavy (non-hydrogen) atoms. The van der Waals surface area contributed by atoms with Crippen molar-refractivity contribution in [3.63, 3.8) is 0 Å². The summed E-state index contributed by atoms with van der Waals surface area (Å²) in [5.74, 6) is -0.794. The first-order valence-electron chi connectivity index (χ1n) is 7.04. The minimum atomic E-state index is -4.45. The summed E-state index contributed by atoms with van der Waals surface area (Å²) in [6, 6.07) is 10.8. The summed E-state index contributed by atoms with van der Waals surface area (Å²) >= 11 is 0. The maximum atomic E-state index is 12.9. The van der Waals surface area contributed by atoms with Gasteiger partial charge in [0.1, 0.15) is 5.82 Å². The highest BCUT2D eigenvalue weighted by molar-refractivity contribution is 6.03. The third-order valence-electron chi connectivity index (χ3n) is 3.34. The van der Waals surface area contributed by atoms with Gasteiger partial charge in [-0.15, -0.1) is 0 Å². The number of carbonyl (C=O) groups excluding carboxylic acids is 1. The number of rotatable bonds is 3. The SMILES string of the molecule is O=C(Nc1ccc(C(F)(F)F)cc1)c1cc(-c2ccc(F)cc2)on1. The molecule has 3 rings (SSSR count). The normalized spacial score (nSPS) is 11.4. The summed E-state index contributed by atoms with van der Waals surface area (Å²) < 4.78 is 55.4. The van der Waals surface area contributed by atoms with Crippen molar-refractivity contribution in [3.8, 4) is 11.3 Å². The molecule has 0 fully saturated rings. The van der Waals surface area contributed by atoms with Crippen LogP contribution in [0.4, 0.5) is 23.2 Å². The molecule has 0 saturated heterocycles. The van der Waals surface area contributed by atoms with Gasteiger partial charge in [0.15, 0.2) is 11.5 Å². The lowest BCUT2D eigenvalue weighted by molar-refractivity contribution is -0.137. The van der Waals surface area contributed by atoms with Crippen molar-refractivity contribution in [2.45, 2.75) is 6.18 Å². The van der Waals surface area contributed by atoms with E-state index in [0.717, 1.165) is 24.3 Å². The summed E-state index contributed by atoms with van der Waals surface area (Å²) in [5, 5.41) is 6.03. The van der Waals surface area contributed by atoms with Gasteiger partial charge in [0, 0.05) is 17.3 Å². The molecule has 1 aromatic heterocycles. The molecule has 0 spiro atoms. The molecular weight excluding hydrogens is 340 g/mol. The van der Waals surface area contributed by atoms with Crippen LogP contribution in [0.15, 0.2) is 59.1 Å². The third kappa shape index (κ3) is 3.85. The van der Waals surface area contributed by atoms with Gasteiger partial charge in [-0.1, -0.05) is 5.16 Å². The van der Waals surface area contributed by atoms with Crippen molar-refractivity contribution in [2.24, 2.45) is 0 Å². The summed E-state index contributed by atoms with van der Waals surface area (Å²) in [7, 11) is 0. The molecule has 1 amide bonds. The Labute approximate surface area is 139 Å². The van der Waals surface area contributed by atoms with E-state index in [2.05, 4.69) is 10.5 Å². The van der Waals surface area contributed by atoms with Crippen molar-refractivity contribution in [3.05, 3.63) is 71.7 Å². The molecule has 2 aromatic carbocycles. The van der Waals surface area contributed by atoms with E-state index in [1.54, 1.807) is 0 Å². The minimum absolute atomic E-state index is 0.0563. The van der Waals surface area contributed by atoms with Crippen molar-refractivity contribution < 1.29 is 26.9 Å². The van der Waals surface area contributed by atoms with E-state index >= 15 is 0 Å². The monoisotopic (exact) mass is 350 g/mol. The molecule has 0 radical (unpaired) electrons. The molecule has 3 aromatic rings. The number of aromatic nitrogens is 1. The molecule has 8 heteroatoms. The average molecular weight is 350 g/mol. The van der Waals surface area contributed by atoms with Crippen LogP contribution in [0.5, 0.6) is 0 Å². The number of nitrogens with zero attached hydrogens (tertiary/aromatic N) is 1. The van der Waals surface area contributed by atoms with Gasteiger partial charge in [-0.05, 0) is 48.5 Å². The molecule has 4 nitrogen and oxygen atoms in total. The minimum Gasteiger partial charge on any atom is -0.355 e. The predicted octanol–water partition coefficient (Wildman–Crippen LogP) is 4.75. The number of benzene rings is 2. The van der Waals surface area contributed by atoms with Crippen molar-refractivity contribution in [1.29, 1.82) is 0 Å². The summed E-state index contributed by atoms with van der Waals surface area (Å²) in [5.41, 5.74) is -0.156. The number of amides is 1. The first-order chi connectivity index (χ1) is 11.8. The van der Waals surface area contributed by atoms with E-state index in [4.69, 9.17) is 4.52 Å². The van der Waals surface area contributed by atoms with Gasteiger partial charge in [-0.3, -0.25) is 4.79 Å². The molecule has 0 aliphatic carbocycles. The Hall–Kier alpha value is -3.16. The van der Waals surface area contributed by atoms with Crippen molar-refractivity contribution >= 4 is 11.6 Å².